The first kappa shape index (κ1) is 10.2. The zero-order valence-electron chi connectivity index (χ0n) is 7.28. The van der Waals surface area contributed by atoms with E-state index in [9.17, 15) is 4.79 Å². The summed E-state index contributed by atoms with van der Waals surface area (Å²) >= 11 is 2.06. The van der Waals surface area contributed by atoms with Crippen molar-refractivity contribution in [3.05, 3.63) is 20.3 Å². The first-order valence-electron chi connectivity index (χ1n) is 3.55. The summed E-state index contributed by atoms with van der Waals surface area (Å²) in [5.74, 6) is 0.443. The molecule has 13 heavy (non-hydrogen) atoms. The Labute approximate surface area is 89.0 Å². The van der Waals surface area contributed by atoms with Crippen molar-refractivity contribution in [2.24, 2.45) is 4.99 Å². The van der Waals surface area contributed by atoms with E-state index in [4.69, 9.17) is 0 Å². The highest BCUT2D eigenvalue weighted by atomic mass is 127. The van der Waals surface area contributed by atoms with Crippen molar-refractivity contribution in [1.29, 1.82) is 0 Å². The Morgan fingerprint density at radius 3 is 3.00 bits per heavy atom. The molecule has 6 heteroatoms. The smallest absolute Gasteiger partial charge is 0.347 e. The zero-order valence-corrected chi connectivity index (χ0v) is 9.44. The van der Waals surface area contributed by atoms with E-state index in [1.54, 1.807) is 17.4 Å². The molecule has 0 radical (unpaired) electrons. The van der Waals surface area contributed by atoms with Crippen LogP contribution in [0.2, 0.25) is 0 Å². The summed E-state index contributed by atoms with van der Waals surface area (Å²) in [4.78, 5) is 22.8. The van der Waals surface area contributed by atoms with E-state index in [0.29, 0.717) is 5.82 Å². The highest BCUT2D eigenvalue weighted by molar-refractivity contribution is 14.1. The first-order chi connectivity index (χ1) is 6.09. The molecule has 1 rings (SSSR count). The van der Waals surface area contributed by atoms with Crippen molar-refractivity contribution in [2.75, 3.05) is 14.1 Å². The molecule has 0 amide bonds. The molecule has 1 aromatic rings. The van der Waals surface area contributed by atoms with Crippen LogP contribution in [0.4, 0.5) is 5.82 Å². The van der Waals surface area contributed by atoms with Crippen LogP contribution in [0.1, 0.15) is 0 Å². The molecule has 0 saturated carbocycles. The molecule has 0 bridgehead atoms. The standard InChI is InChI=1S/C7H9IN4O/c1-12(2)4-10-6-5(8)3-9-7(13)11-6/h3-4H,1-2H3,(H,9,11,13)/b10-4-. The summed E-state index contributed by atoms with van der Waals surface area (Å²) in [6.07, 6.45) is 3.18. The molecule has 5 nitrogen and oxygen atoms in total. The van der Waals surface area contributed by atoms with Gasteiger partial charge in [0.2, 0.25) is 0 Å². The van der Waals surface area contributed by atoms with Crippen LogP contribution < -0.4 is 5.69 Å². The van der Waals surface area contributed by atoms with Gasteiger partial charge >= 0.3 is 5.69 Å². The summed E-state index contributed by atoms with van der Waals surface area (Å²) in [6.45, 7) is 0. The van der Waals surface area contributed by atoms with Crippen molar-refractivity contribution >= 4 is 34.7 Å². The van der Waals surface area contributed by atoms with Crippen molar-refractivity contribution in [1.82, 2.24) is 14.9 Å². The molecular formula is C7H9IN4O. The Morgan fingerprint density at radius 1 is 1.69 bits per heavy atom. The minimum absolute atomic E-state index is 0.383. The second-order valence-electron chi connectivity index (χ2n) is 2.59. The van der Waals surface area contributed by atoms with E-state index in [2.05, 4.69) is 37.6 Å². The van der Waals surface area contributed by atoms with Crippen LogP contribution in [0.15, 0.2) is 16.0 Å². The fraction of sp³-hybridized carbons (Fsp3) is 0.286. The molecule has 0 aliphatic heterocycles. The van der Waals surface area contributed by atoms with Gasteiger partial charge in [0, 0.05) is 20.3 Å². The molecule has 70 valence electrons. The van der Waals surface area contributed by atoms with Crippen molar-refractivity contribution in [2.45, 2.75) is 0 Å². The maximum Gasteiger partial charge on any atom is 0.347 e. The Hall–Kier alpha value is -0.920. The lowest BCUT2D eigenvalue weighted by atomic mass is 10.6. The maximum atomic E-state index is 10.8. The molecule has 0 spiro atoms. The zero-order chi connectivity index (χ0) is 9.84. The van der Waals surface area contributed by atoms with E-state index in [0.717, 1.165) is 3.57 Å². The van der Waals surface area contributed by atoms with Crippen LogP contribution >= 0.6 is 22.6 Å². The van der Waals surface area contributed by atoms with Crippen LogP contribution in [-0.4, -0.2) is 35.3 Å². The van der Waals surface area contributed by atoms with Gasteiger partial charge in [-0.25, -0.2) is 9.79 Å². The Kier molecular flexibility index (Phi) is 3.40. The lowest BCUT2D eigenvalue weighted by molar-refractivity contribution is 0.643. The number of halogens is 1. The quantitative estimate of drug-likeness (QED) is 0.493. The molecule has 0 saturated heterocycles. The van der Waals surface area contributed by atoms with E-state index in [1.807, 2.05) is 14.1 Å². The SMILES string of the molecule is CN(C)/C=N\c1nc(=O)[nH]cc1I. The van der Waals surface area contributed by atoms with Gasteiger partial charge in [0.15, 0.2) is 5.82 Å². The normalized spacial score (nSPS) is 10.7. The Balaban J connectivity index is 3.00. The number of aromatic nitrogens is 2. The molecule has 0 aliphatic carbocycles. The summed E-state index contributed by atoms with van der Waals surface area (Å²) in [5.41, 5.74) is -0.383. The van der Waals surface area contributed by atoms with Gasteiger partial charge in [-0.3, -0.25) is 0 Å². The molecule has 1 aromatic heterocycles. The summed E-state index contributed by atoms with van der Waals surface area (Å²) in [7, 11) is 3.70. The average molecular weight is 292 g/mol. The second-order valence-corrected chi connectivity index (χ2v) is 3.75. The molecule has 1 heterocycles. The highest BCUT2D eigenvalue weighted by Gasteiger charge is 1.98. The monoisotopic (exact) mass is 292 g/mol. The number of hydrogen-bond acceptors (Lipinski definition) is 3. The number of H-pyrrole nitrogens is 1. The third kappa shape index (κ3) is 3.13. The van der Waals surface area contributed by atoms with E-state index in [1.165, 1.54) is 0 Å². The van der Waals surface area contributed by atoms with Crippen LogP contribution in [0.5, 0.6) is 0 Å². The van der Waals surface area contributed by atoms with Gasteiger partial charge in [-0.2, -0.15) is 4.98 Å². The summed E-state index contributed by atoms with van der Waals surface area (Å²) in [5, 5.41) is 0. The number of rotatable bonds is 2. The van der Waals surface area contributed by atoms with Crippen LogP contribution in [-0.2, 0) is 0 Å². The number of nitrogens with one attached hydrogen (secondary N) is 1. The van der Waals surface area contributed by atoms with E-state index >= 15 is 0 Å². The highest BCUT2D eigenvalue weighted by Crippen LogP contribution is 2.13. The summed E-state index contributed by atoms with van der Waals surface area (Å²) < 4.78 is 0.815. The predicted molar refractivity (Wildman–Crippen MR) is 59.4 cm³/mol. The number of nitrogens with zero attached hydrogens (tertiary/aromatic N) is 3. The van der Waals surface area contributed by atoms with Gasteiger partial charge < -0.3 is 9.88 Å². The van der Waals surface area contributed by atoms with Gasteiger partial charge in [0.05, 0.1) is 9.91 Å². The molecule has 1 N–H and O–H groups in total. The number of hydrogen-bond donors (Lipinski definition) is 1. The third-order valence-corrected chi connectivity index (χ3v) is 1.95. The molecule has 0 aromatic carbocycles. The van der Waals surface area contributed by atoms with E-state index < -0.39 is 0 Å². The molecule has 0 atom stereocenters. The van der Waals surface area contributed by atoms with Gasteiger partial charge in [0.25, 0.3) is 0 Å². The third-order valence-electron chi connectivity index (χ3n) is 1.15. The number of aromatic amines is 1. The topological polar surface area (TPSA) is 61.4 Å². The minimum atomic E-state index is -0.383. The minimum Gasteiger partial charge on any atom is -0.369 e. The van der Waals surface area contributed by atoms with Gasteiger partial charge in [-0.15, -0.1) is 0 Å². The fourth-order valence-electron chi connectivity index (χ4n) is 0.632. The van der Waals surface area contributed by atoms with Crippen LogP contribution in [0.3, 0.4) is 0 Å². The average Bonchev–Trinajstić information content (AvgIpc) is 2.06. The predicted octanol–water partition coefficient (Wildman–Crippen LogP) is 0.596. The first-order valence-corrected chi connectivity index (χ1v) is 4.63. The fourth-order valence-corrected chi connectivity index (χ4v) is 1.05. The van der Waals surface area contributed by atoms with Crippen molar-refractivity contribution < 1.29 is 0 Å². The van der Waals surface area contributed by atoms with Crippen LogP contribution in [0.25, 0.3) is 0 Å². The van der Waals surface area contributed by atoms with E-state index in [-0.39, 0.29) is 5.69 Å². The van der Waals surface area contributed by atoms with Gasteiger partial charge in [0.1, 0.15) is 0 Å². The van der Waals surface area contributed by atoms with Crippen molar-refractivity contribution in [3.63, 3.8) is 0 Å². The molecule has 0 unspecified atom stereocenters. The van der Waals surface area contributed by atoms with Gasteiger partial charge in [-0.1, -0.05) is 0 Å². The lowest BCUT2D eigenvalue weighted by Crippen LogP contribution is -2.11. The van der Waals surface area contributed by atoms with Crippen LogP contribution in [0, 0.1) is 3.57 Å². The number of aliphatic imine (C=N–C) groups is 1. The lowest BCUT2D eigenvalue weighted by Gasteiger charge is -2.01. The Morgan fingerprint density at radius 2 is 2.38 bits per heavy atom. The second kappa shape index (κ2) is 4.35. The molecule has 0 fully saturated rings. The largest absolute Gasteiger partial charge is 0.369 e. The molecular weight excluding hydrogens is 283 g/mol. The molecule has 0 aliphatic rings. The summed E-state index contributed by atoms with van der Waals surface area (Å²) in [6, 6.07) is 0. The Bertz CT molecular complexity index is 371. The maximum absolute atomic E-state index is 10.8. The van der Waals surface area contributed by atoms with Crippen molar-refractivity contribution in [3.8, 4) is 0 Å². The van der Waals surface area contributed by atoms with Gasteiger partial charge in [-0.05, 0) is 22.6 Å².